The molecule has 2 atom stereocenters. The lowest BCUT2D eigenvalue weighted by molar-refractivity contribution is -0.143. The first-order valence-electron chi connectivity index (χ1n) is 6.97. The molecule has 2 rings (SSSR count). The number of carboxylic acid groups (broad SMARTS) is 1. The molecule has 1 aromatic rings. The van der Waals surface area contributed by atoms with Crippen LogP contribution in [0.15, 0.2) is 29.2 Å². The second-order valence-corrected chi connectivity index (χ2v) is 6.67. The quantitative estimate of drug-likeness (QED) is 0.767. The molecule has 2 unspecified atom stereocenters. The van der Waals surface area contributed by atoms with Crippen LogP contribution in [0.25, 0.3) is 0 Å². The van der Waals surface area contributed by atoms with Crippen LogP contribution >= 0.6 is 11.8 Å². The van der Waals surface area contributed by atoms with Gasteiger partial charge >= 0.3 is 5.97 Å². The third-order valence-corrected chi connectivity index (χ3v) is 4.60. The Morgan fingerprint density at radius 3 is 2.68 bits per heavy atom. The van der Waals surface area contributed by atoms with Gasteiger partial charge in [-0.05, 0) is 18.1 Å². The summed E-state index contributed by atoms with van der Waals surface area (Å²) < 4.78 is 0. The van der Waals surface area contributed by atoms with Crippen LogP contribution in [0.1, 0.15) is 20.3 Å². The summed E-state index contributed by atoms with van der Waals surface area (Å²) >= 11 is 1.32. The van der Waals surface area contributed by atoms with Gasteiger partial charge in [0.15, 0.2) is 0 Å². The minimum atomic E-state index is -1.07. The van der Waals surface area contributed by atoms with Gasteiger partial charge in [0.05, 0.1) is 10.9 Å². The summed E-state index contributed by atoms with van der Waals surface area (Å²) in [5.41, 5.74) is 0.736. The zero-order chi connectivity index (χ0) is 16.3. The Kier molecular flexibility index (Phi) is 5.07. The molecule has 118 valence electrons. The van der Waals surface area contributed by atoms with E-state index in [1.807, 2.05) is 18.2 Å². The van der Waals surface area contributed by atoms with E-state index in [0.717, 1.165) is 10.6 Å². The molecule has 0 bridgehead atoms. The molecule has 1 heterocycles. The number of carboxylic acids is 1. The molecule has 2 amide bonds. The topological polar surface area (TPSA) is 95.5 Å². The molecule has 1 aromatic carbocycles. The number of nitrogens with one attached hydrogen (secondary N) is 2. The van der Waals surface area contributed by atoms with E-state index in [2.05, 4.69) is 10.6 Å². The van der Waals surface area contributed by atoms with Gasteiger partial charge < -0.3 is 15.7 Å². The fraction of sp³-hybridized carbons (Fsp3) is 0.400. The lowest BCUT2D eigenvalue weighted by Crippen LogP contribution is -2.46. The lowest BCUT2D eigenvalue weighted by Gasteiger charge is -2.24. The number of anilines is 1. The van der Waals surface area contributed by atoms with E-state index in [-0.39, 0.29) is 18.2 Å². The van der Waals surface area contributed by atoms with Gasteiger partial charge in [-0.15, -0.1) is 11.8 Å². The largest absolute Gasteiger partial charge is 0.480 e. The predicted octanol–water partition coefficient (Wildman–Crippen LogP) is 1.71. The molecule has 3 N–H and O–H groups in total. The number of thioether (sulfide) groups is 1. The fourth-order valence-corrected chi connectivity index (χ4v) is 3.25. The Labute approximate surface area is 132 Å². The molecule has 0 radical (unpaired) electrons. The second kappa shape index (κ2) is 6.83. The first-order valence-corrected chi connectivity index (χ1v) is 7.85. The van der Waals surface area contributed by atoms with Gasteiger partial charge in [0.1, 0.15) is 6.04 Å². The number of rotatable bonds is 5. The number of hydrogen-bond donors (Lipinski definition) is 3. The van der Waals surface area contributed by atoms with Crippen molar-refractivity contribution in [2.45, 2.75) is 36.5 Å². The van der Waals surface area contributed by atoms with Crippen molar-refractivity contribution in [3.05, 3.63) is 24.3 Å². The molecule has 1 aliphatic rings. The molecule has 7 heteroatoms. The standard InChI is InChI=1S/C15H18N2O4S/c1-8(2)13(15(20)21)17-12(18)7-11-14(19)16-9-5-3-4-6-10(9)22-11/h3-6,8,11,13H,7H2,1-2H3,(H,16,19)(H,17,18)(H,20,21). The van der Waals surface area contributed by atoms with E-state index in [9.17, 15) is 14.4 Å². The SMILES string of the molecule is CC(C)C(NC(=O)CC1Sc2ccccc2NC1=O)C(=O)O. The predicted molar refractivity (Wildman–Crippen MR) is 83.7 cm³/mol. The van der Waals surface area contributed by atoms with E-state index in [1.54, 1.807) is 19.9 Å². The van der Waals surface area contributed by atoms with E-state index < -0.39 is 23.2 Å². The van der Waals surface area contributed by atoms with Gasteiger partial charge in [-0.25, -0.2) is 4.79 Å². The normalized spacial score (nSPS) is 18.3. The van der Waals surface area contributed by atoms with Crippen LogP contribution in [-0.2, 0) is 14.4 Å². The van der Waals surface area contributed by atoms with Crippen LogP contribution in [0.2, 0.25) is 0 Å². The lowest BCUT2D eigenvalue weighted by atomic mass is 10.0. The summed E-state index contributed by atoms with van der Waals surface area (Å²) in [6, 6.07) is 6.41. The number of carbonyl (C=O) groups is 3. The molecule has 0 aliphatic carbocycles. The summed E-state index contributed by atoms with van der Waals surface area (Å²) in [6.45, 7) is 3.44. The molecule has 0 spiro atoms. The molecule has 22 heavy (non-hydrogen) atoms. The first-order chi connectivity index (χ1) is 10.4. The van der Waals surface area contributed by atoms with Crippen molar-refractivity contribution in [3.63, 3.8) is 0 Å². The van der Waals surface area contributed by atoms with Crippen LogP contribution in [0, 0.1) is 5.92 Å². The molecule has 0 saturated heterocycles. The van der Waals surface area contributed by atoms with Gasteiger partial charge in [-0.3, -0.25) is 9.59 Å². The van der Waals surface area contributed by atoms with Gasteiger partial charge in [-0.2, -0.15) is 0 Å². The molecule has 0 aromatic heterocycles. The Balaban J connectivity index is 2.00. The maximum Gasteiger partial charge on any atom is 0.326 e. The van der Waals surface area contributed by atoms with Gasteiger partial charge in [0.2, 0.25) is 11.8 Å². The average molecular weight is 322 g/mol. The highest BCUT2D eigenvalue weighted by molar-refractivity contribution is 8.01. The number of carbonyl (C=O) groups excluding carboxylic acids is 2. The van der Waals surface area contributed by atoms with E-state index in [0.29, 0.717) is 0 Å². The molecule has 0 fully saturated rings. The minimum Gasteiger partial charge on any atom is -0.480 e. The van der Waals surface area contributed by atoms with Crippen molar-refractivity contribution in [3.8, 4) is 0 Å². The van der Waals surface area contributed by atoms with Gasteiger partial charge in [0.25, 0.3) is 0 Å². The third-order valence-electron chi connectivity index (χ3n) is 3.33. The van der Waals surface area contributed by atoms with Crippen LogP contribution in [0.4, 0.5) is 5.69 Å². The summed E-state index contributed by atoms with van der Waals surface area (Å²) in [4.78, 5) is 36.0. The van der Waals surface area contributed by atoms with Crippen molar-refractivity contribution in [1.82, 2.24) is 5.32 Å². The molecule has 6 nitrogen and oxygen atoms in total. The summed E-state index contributed by atoms with van der Waals surface area (Å²) in [5, 5.41) is 13.8. The number of para-hydroxylation sites is 1. The third kappa shape index (κ3) is 3.79. The summed E-state index contributed by atoms with van der Waals surface area (Å²) in [5.74, 6) is -1.98. The zero-order valence-electron chi connectivity index (χ0n) is 12.3. The molecular weight excluding hydrogens is 304 g/mol. The summed E-state index contributed by atoms with van der Waals surface area (Å²) in [7, 11) is 0. The number of benzene rings is 1. The van der Waals surface area contributed by atoms with Crippen molar-refractivity contribution in [2.75, 3.05) is 5.32 Å². The highest BCUT2D eigenvalue weighted by atomic mass is 32.2. The highest BCUT2D eigenvalue weighted by Gasteiger charge is 2.30. The molecule has 0 saturated carbocycles. The maximum absolute atomic E-state index is 12.0. The number of amides is 2. The number of fused-ring (bicyclic) bond motifs is 1. The van der Waals surface area contributed by atoms with Crippen molar-refractivity contribution >= 4 is 35.2 Å². The zero-order valence-corrected chi connectivity index (χ0v) is 13.1. The smallest absolute Gasteiger partial charge is 0.326 e. The summed E-state index contributed by atoms with van der Waals surface area (Å²) in [6.07, 6.45) is -0.0542. The minimum absolute atomic E-state index is 0.0542. The first kappa shape index (κ1) is 16.4. The second-order valence-electron chi connectivity index (χ2n) is 5.42. The van der Waals surface area contributed by atoms with E-state index in [4.69, 9.17) is 5.11 Å². The highest BCUT2D eigenvalue weighted by Crippen LogP contribution is 2.36. The van der Waals surface area contributed by atoms with Crippen LogP contribution in [0.3, 0.4) is 0 Å². The van der Waals surface area contributed by atoms with Crippen LogP contribution < -0.4 is 10.6 Å². The monoisotopic (exact) mass is 322 g/mol. The Hall–Kier alpha value is -2.02. The van der Waals surface area contributed by atoms with Crippen molar-refractivity contribution < 1.29 is 19.5 Å². The van der Waals surface area contributed by atoms with Gasteiger partial charge in [-0.1, -0.05) is 26.0 Å². The van der Waals surface area contributed by atoms with Crippen molar-refractivity contribution in [1.29, 1.82) is 0 Å². The van der Waals surface area contributed by atoms with E-state index >= 15 is 0 Å². The Bertz CT molecular complexity index is 603. The van der Waals surface area contributed by atoms with Gasteiger partial charge in [0, 0.05) is 11.3 Å². The number of hydrogen-bond acceptors (Lipinski definition) is 4. The molecular formula is C15H18N2O4S. The van der Waals surface area contributed by atoms with Crippen LogP contribution in [0.5, 0.6) is 0 Å². The van der Waals surface area contributed by atoms with E-state index in [1.165, 1.54) is 11.8 Å². The average Bonchev–Trinajstić information content (AvgIpc) is 2.45. The molecule has 1 aliphatic heterocycles. The Morgan fingerprint density at radius 2 is 2.05 bits per heavy atom. The number of aliphatic carboxylic acids is 1. The Morgan fingerprint density at radius 1 is 1.36 bits per heavy atom. The van der Waals surface area contributed by atoms with Crippen LogP contribution in [-0.4, -0.2) is 34.2 Å². The van der Waals surface area contributed by atoms with Crippen molar-refractivity contribution in [2.24, 2.45) is 5.92 Å². The maximum atomic E-state index is 12.0. The fourth-order valence-electron chi connectivity index (χ4n) is 2.14.